The second-order valence-electron chi connectivity index (χ2n) is 3.94. The first-order valence-corrected chi connectivity index (χ1v) is 6.12. The second-order valence-corrected chi connectivity index (χ2v) is 4.78. The zero-order valence-corrected chi connectivity index (χ0v) is 11.0. The standard InChI is InChI=1S/C14H13Cl2N/c1-17(10-11-5-3-2-4-6-11)14-8-7-12(15)9-13(14)16/h2-9H,10H2,1H3. The zero-order chi connectivity index (χ0) is 12.3. The molecule has 0 unspecified atom stereocenters. The lowest BCUT2D eigenvalue weighted by Gasteiger charge is -2.20. The molecule has 17 heavy (non-hydrogen) atoms. The van der Waals surface area contributed by atoms with Crippen LogP contribution in [-0.4, -0.2) is 7.05 Å². The van der Waals surface area contributed by atoms with Crippen LogP contribution in [0.15, 0.2) is 48.5 Å². The van der Waals surface area contributed by atoms with Crippen LogP contribution >= 0.6 is 23.2 Å². The molecule has 0 fully saturated rings. The van der Waals surface area contributed by atoms with Crippen LogP contribution in [-0.2, 0) is 6.54 Å². The quantitative estimate of drug-likeness (QED) is 0.782. The fourth-order valence-electron chi connectivity index (χ4n) is 1.73. The van der Waals surface area contributed by atoms with Crippen molar-refractivity contribution in [2.45, 2.75) is 6.54 Å². The number of anilines is 1. The predicted octanol–water partition coefficient (Wildman–Crippen LogP) is 4.63. The molecule has 2 aromatic rings. The van der Waals surface area contributed by atoms with Crippen molar-refractivity contribution in [2.75, 3.05) is 11.9 Å². The third-order valence-corrected chi connectivity index (χ3v) is 3.12. The Bertz CT molecular complexity index is 497. The van der Waals surface area contributed by atoms with Gasteiger partial charge in [-0.05, 0) is 23.8 Å². The van der Waals surface area contributed by atoms with Crippen molar-refractivity contribution in [1.82, 2.24) is 0 Å². The highest BCUT2D eigenvalue weighted by atomic mass is 35.5. The Morgan fingerprint density at radius 1 is 1.00 bits per heavy atom. The summed E-state index contributed by atoms with van der Waals surface area (Å²) in [4.78, 5) is 2.11. The van der Waals surface area contributed by atoms with Gasteiger partial charge in [0.25, 0.3) is 0 Å². The molecule has 0 spiro atoms. The molecular formula is C14H13Cl2N. The van der Waals surface area contributed by atoms with Crippen molar-refractivity contribution in [3.63, 3.8) is 0 Å². The summed E-state index contributed by atoms with van der Waals surface area (Å²) >= 11 is 12.0. The van der Waals surface area contributed by atoms with Crippen LogP contribution in [0.2, 0.25) is 10.0 Å². The number of benzene rings is 2. The Morgan fingerprint density at radius 2 is 1.71 bits per heavy atom. The highest BCUT2D eigenvalue weighted by Crippen LogP contribution is 2.28. The summed E-state index contributed by atoms with van der Waals surface area (Å²) in [6.07, 6.45) is 0. The number of hydrogen-bond acceptors (Lipinski definition) is 1. The highest BCUT2D eigenvalue weighted by molar-refractivity contribution is 6.36. The molecule has 88 valence electrons. The third kappa shape index (κ3) is 3.15. The minimum atomic E-state index is 0.659. The fourth-order valence-corrected chi connectivity index (χ4v) is 2.29. The Kier molecular flexibility index (Phi) is 3.93. The number of halogens is 2. The van der Waals surface area contributed by atoms with Crippen molar-refractivity contribution in [2.24, 2.45) is 0 Å². The average Bonchev–Trinajstić information content (AvgIpc) is 2.30. The molecule has 2 rings (SSSR count). The molecule has 0 saturated heterocycles. The molecule has 3 heteroatoms. The van der Waals surface area contributed by atoms with Crippen LogP contribution in [0.1, 0.15) is 5.56 Å². The molecule has 0 amide bonds. The van der Waals surface area contributed by atoms with Gasteiger partial charge in [0.1, 0.15) is 0 Å². The molecule has 1 nitrogen and oxygen atoms in total. The normalized spacial score (nSPS) is 10.3. The van der Waals surface area contributed by atoms with Gasteiger partial charge in [-0.25, -0.2) is 0 Å². The molecule has 0 N–H and O–H groups in total. The Balaban J connectivity index is 2.17. The zero-order valence-electron chi connectivity index (χ0n) is 9.53. The summed E-state index contributed by atoms with van der Waals surface area (Å²) in [6.45, 7) is 0.822. The van der Waals surface area contributed by atoms with Crippen molar-refractivity contribution < 1.29 is 0 Å². The lowest BCUT2D eigenvalue weighted by Crippen LogP contribution is -2.16. The average molecular weight is 266 g/mol. The van der Waals surface area contributed by atoms with E-state index in [1.807, 2.05) is 37.4 Å². The van der Waals surface area contributed by atoms with E-state index in [4.69, 9.17) is 23.2 Å². The van der Waals surface area contributed by atoms with Crippen LogP contribution in [0.5, 0.6) is 0 Å². The lowest BCUT2D eigenvalue weighted by molar-refractivity contribution is 0.923. The van der Waals surface area contributed by atoms with Crippen molar-refractivity contribution in [3.05, 3.63) is 64.1 Å². The van der Waals surface area contributed by atoms with Gasteiger partial charge < -0.3 is 4.90 Å². The largest absolute Gasteiger partial charge is 0.369 e. The molecule has 0 bridgehead atoms. The summed E-state index contributed by atoms with van der Waals surface area (Å²) in [5.74, 6) is 0. The van der Waals surface area contributed by atoms with Gasteiger partial charge in [-0.2, -0.15) is 0 Å². The summed E-state index contributed by atoms with van der Waals surface area (Å²) < 4.78 is 0. The number of rotatable bonds is 3. The van der Waals surface area contributed by atoms with Crippen LogP contribution in [0.25, 0.3) is 0 Å². The molecule has 2 aromatic carbocycles. The van der Waals surface area contributed by atoms with E-state index in [-0.39, 0.29) is 0 Å². The predicted molar refractivity (Wildman–Crippen MR) is 75.0 cm³/mol. The molecule has 0 aliphatic heterocycles. The molecular weight excluding hydrogens is 253 g/mol. The van der Waals surface area contributed by atoms with Gasteiger partial charge in [0.05, 0.1) is 10.7 Å². The smallest absolute Gasteiger partial charge is 0.0654 e. The maximum atomic E-state index is 6.16. The van der Waals surface area contributed by atoms with Gasteiger partial charge in [-0.3, -0.25) is 0 Å². The first-order chi connectivity index (χ1) is 8.16. The first kappa shape index (κ1) is 12.3. The van der Waals surface area contributed by atoms with E-state index in [1.165, 1.54) is 5.56 Å². The van der Waals surface area contributed by atoms with Crippen molar-refractivity contribution >= 4 is 28.9 Å². The van der Waals surface area contributed by atoms with Gasteiger partial charge >= 0.3 is 0 Å². The van der Waals surface area contributed by atoms with E-state index in [2.05, 4.69) is 17.0 Å². The summed E-state index contributed by atoms with van der Waals surface area (Å²) in [7, 11) is 2.02. The Labute approximate surface area is 112 Å². The molecule has 0 aromatic heterocycles. The summed E-state index contributed by atoms with van der Waals surface area (Å²) in [5, 5.41) is 1.34. The van der Waals surface area contributed by atoms with Crippen LogP contribution in [0.3, 0.4) is 0 Å². The second kappa shape index (κ2) is 5.44. The van der Waals surface area contributed by atoms with E-state index < -0.39 is 0 Å². The maximum absolute atomic E-state index is 6.16. The summed E-state index contributed by atoms with van der Waals surface area (Å²) in [6, 6.07) is 15.8. The third-order valence-electron chi connectivity index (χ3n) is 2.58. The van der Waals surface area contributed by atoms with Gasteiger partial charge in [0.2, 0.25) is 0 Å². The minimum absolute atomic E-state index is 0.659. The van der Waals surface area contributed by atoms with Gasteiger partial charge in [0, 0.05) is 18.6 Å². The fraction of sp³-hybridized carbons (Fsp3) is 0.143. The molecule has 0 aliphatic rings. The first-order valence-electron chi connectivity index (χ1n) is 5.37. The van der Waals surface area contributed by atoms with Crippen LogP contribution in [0, 0.1) is 0 Å². The monoisotopic (exact) mass is 265 g/mol. The van der Waals surface area contributed by atoms with Gasteiger partial charge in [-0.15, -0.1) is 0 Å². The van der Waals surface area contributed by atoms with E-state index in [9.17, 15) is 0 Å². The Hall–Kier alpha value is -1.18. The number of hydrogen-bond donors (Lipinski definition) is 0. The van der Waals surface area contributed by atoms with E-state index in [1.54, 1.807) is 6.07 Å². The van der Waals surface area contributed by atoms with Crippen LogP contribution in [0.4, 0.5) is 5.69 Å². The van der Waals surface area contributed by atoms with Crippen LogP contribution < -0.4 is 4.90 Å². The molecule has 0 radical (unpaired) electrons. The topological polar surface area (TPSA) is 3.24 Å². The van der Waals surface area contributed by atoms with Crippen molar-refractivity contribution in [1.29, 1.82) is 0 Å². The van der Waals surface area contributed by atoms with E-state index in [0.717, 1.165) is 12.2 Å². The number of nitrogens with zero attached hydrogens (tertiary/aromatic N) is 1. The van der Waals surface area contributed by atoms with Crippen molar-refractivity contribution in [3.8, 4) is 0 Å². The van der Waals surface area contributed by atoms with E-state index >= 15 is 0 Å². The molecule has 0 saturated carbocycles. The molecule has 0 heterocycles. The Morgan fingerprint density at radius 3 is 2.35 bits per heavy atom. The minimum Gasteiger partial charge on any atom is -0.369 e. The van der Waals surface area contributed by atoms with E-state index in [0.29, 0.717) is 10.0 Å². The molecule has 0 atom stereocenters. The highest BCUT2D eigenvalue weighted by Gasteiger charge is 2.06. The maximum Gasteiger partial charge on any atom is 0.0654 e. The van der Waals surface area contributed by atoms with Gasteiger partial charge in [0.15, 0.2) is 0 Å². The molecule has 0 aliphatic carbocycles. The van der Waals surface area contributed by atoms with Gasteiger partial charge in [-0.1, -0.05) is 53.5 Å². The SMILES string of the molecule is CN(Cc1ccccc1)c1ccc(Cl)cc1Cl. The lowest BCUT2D eigenvalue weighted by atomic mass is 10.2. The summed E-state index contributed by atoms with van der Waals surface area (Å²) in [5.41, 5.74) is 2.24.